The number of aryl methyl sites for hydroxylation is 2. The normalized spacial score (nSPS) is 26.7. The van der Waals surface area contributed by atoms with Crippen molar-refractivity contribution in [1.82, 2.24) is 15.0 Å². The van der Waals surface area contributed by atoms with Gasteiger partial charge >= 0.3 is 0 Å². The maximum atomic E-state index is 12.6. The highest BCUT2D eigenvalue weighted by Crippen LogP contribution is 2.36. The average molecular weight is 317 g/mol. The molecule has 2 aliphatic rings. The van der Waals surface area contributed by atoms with Crippen LogP contribution in [0.15, 0.2) is 21.3 Å². The zero-order valence-electron chi connectivity index (χ0n) is 13.2. The van der Waals surface area contributed by atoms with Crippen LogP contribution in [0.2, 0.25) is 0 Å². The molecule has 2 aromatic heterocycles. The number of likely N-dealkylation sites (tertiary alicyclic amines) is 1. The lowest BCUT2D eigenvalue weighted by Gasteiger charge is -2.18. The second-order valence-electron chi connectivity index (χ2n) is 6.34. The van der Waals surface area contributed by atoms with Gasteiger partial charge in [0.05, 0.1) is 24.5 Å². The SMILES string of the molecule is Cc1noc(C[C@H]2CO[C@@H]3CN(C(=O)c4ccoc4C)C[C@H]23)n1. The van der Waals surface area contributed by atoms with E-state index in [1.54, 1.807) is 19.3 Å². The van der Waals surface area contributed by atoms with Crippen molar-refractivity contribution in [2.45, 2.75) is 26.4 Å². The van der Waals surface area contributed by atoms with Crippen LogP contribution in [0, 0.1) is 25.7 Å². The molecule has 0 radical (unpaired) electrons. The summed E-state index contributed by atoms with van der Waals surface area (Å²) in [6.45, 7) is 5.63. The molecule has 0 N–H and O–H groups in total. The van der Waals surface area contributed by atoms with Gasteiger partial charge in [0.25, 0.3) is 5.91 Å². The van der Waals surface area contributed by atoms with Crippen LogP contribution >= 0.6 is 0 Å². The zero-order valence-corrected chi connectivity index (χ0v) is 13.2. The number of furan rings is 1. The number of hydrogen-bond donors (Lipinski definition) is 0. The Bertz CT molecular complexity index is 722. The first-order valence-corrected chi connectivity index (χ1v) is 7.86. The van der Waals surface area contributed by atoms with Gasteiger partial charge in [-0.05, 0) is 25.8 Å². The molecule has 4 rings (SSSR count). The molecule has 1 amide bonds. The van der Waals surface area contributed by atoms with Crippen molar-refractivity contribution in [3.63, 3.8) is 0 Å². The third-order valence-electron chi connectivity index (χ3n) is 4.82. The van der Waals surface area contributed by atoms with Crippen LogP contribution in [0.25, 0.3) is 0 Å². The number of ether oxygens (including phenoxy) is 1. The van der Waals surface area contributed by atoms with E-state index in [0.717, 1.165) is 0 Å². The van der Waals surface area contributed by atoms with Crippen molar-refractivity contribution in [3.05, 3.63) is 35.4 Å². The van der Waals surface area contributed by atoms with Crippen LogP contribution in [-0.4, -0.2) is 46.7 Å². The monoisotopic (exact) mass is 317 g/mol. The van der Waals surface area contributed by atoms with Gasteiger partial charge in [-0.15, -0.1) is 0 Å². The minimum absolute atomic E-state index is 0.0154. The van der Waals surface area contributed by atoms with Gasteiger partial charge in [-0.3, -0.25) is 4.79 Å². The number of amides is 1. The van der Waals surface area contributed by atoms with Crippen LogP contribution in [0.5, 0.6) is 0 Å². The van der Waals surface area contributed by atoms with Crippen molar-refractivity contribution in [1.29, 1.82) is 0 Å². The Morgan fingerprint density at radius 1 is 1.39 bits per heavy atom. The lowest BCUT2D eigenvalue weighted by atomic mass is 9.90. The lowest BCUT2D eigenvalue weighted by molar-refractivity contribution is 0.0674. The van der Waals surface area contributed by atoms with E-state index in [0.29, 0.717) is 61.0 Å². The minimum atomic E-state index is 0.0154. The second kappa shape index (κ2) is 5.49. The average Bonchev–Trinajstić information content (AvgIpc) is 3.25. The van der Waals surface area contributed by atoms with Crippen molar-refractivity contribution >= 4 is 5.91 Å². The van der Waals surface area contributed by atoms with Gasteiger partial charge < -0.3 is 18.6 Å². The molecule has 2 fully saturated rings. The molecule has 2 saturated heterocycles. The van der Waals surface area contributed by atoms with Crippen LogP contribution in [0.1, 0.15) is 27.8 Å². The maximum absolute atomic E-state index is 12.6. The molecule has 0 unspecified atom stereocenters. The van der Waals surface area contributed by atoms with Crippen molar-refractivity contribution in [2.75, 3.05) is 19.7 Å². The predicted octanol–water partition coefficient (Wildman–Crippen LogP) is 1.61. The number of aromatic nitrogens is 2. The van der Waals surface area contributed by atoms with Crippen molar-refractivity contribution in [2.24, 2.45) is 11.8 Å². The number of carbonyl (C=O) groups excluding carboxylic acids is 1. The van der Waals surface area contributed by atoms with E-state index in [1.165, 1.54) is 0 Å². The molecule has 23 heavy (non-hydrogen) atoms. The molecule has 0 aliphatic carbocycles. The van der Waals surface area contributed by atoms with Crippen LogP contribution in [0.4, 0.5) is 0 Å². The van der Waals surface area contributed by atoms with Crippen molar-refractivity contribution in [3.8, 4) is 0 Å². The van der Waals surface area contributed by atoms with E-state index in [9.17, 15) is 4.79 Å². The summed E-state index contributed by atoms with van der Waals surface area (Å²) < 4.78 is 16.3. The fourth-order valence-corrected chi connectivity index (χ4v) is 3.60. The molecular weight excluding hydrogens is 298 g/mol. The molecule has 0 spiro atoms. The summed E-state index contributed by atoms with van der Waals surface area (Å²) in [4.78, 5) is 18.7. The Labute approximate surface area is 133 Å². The van der Waals surface area contributed by atoms with E-state index >= 15 is 0 Å². The molecule has 7 heteroatoms. The molecule has 0 saturated carbocycles. The number of carbonyl (C=O) groups is 1. The Kier molecular flexibility index (Phi) is 3.45. The van der Waals surface area contributed by atoms with Gasteiger partial charge in [-0.1, -0.05) is 5.16 Å². The number of nitrogens with zero attached hydrogens (tertiary/aromatic N) is 3. The van der Waals surface area contributed by atoms with Gasteiger partial charge in [0, 0.05) is 25.4 Å². The van der Waals surface area contributed by atoms with Gasteiger partial charge in [0.1, 0.15) is 5.76 Å². The third-order valence-corrected chi connectivity index (χ3v) is 4.82. The topological polar surface area (TPSA) is 81.6 Å². The summed E-state index contributed by atoms with van der Waals surface area (Å²) in [5.74, 6) is 2.59. The molecule has 3 atom stereocenters. The second-order valence-corrected chi connectivity index (χ2v) is 6.34. The van der Waals surface area contributed by atoms with E-state index in [2.05, 4.69) is 10.1 Å². The molecule has 0 bridgehead atoms. The summed E-state index contributed by atoms with van der Waals surface area (Å²) in [5, 5.41) is 3.83. The Hall–Kier alpha value is -2.15. The third kappa shape index (κ3) is 2.55. The predicted molar refractivity (Wildman–Crippen MR) is 78.8 cm³/mol. The van der Waals surface area contributed by atoms with E-state index in [1.807, 2.05) is 11.8 Å². The first kappa shape index (κ1) is 14.4. The maximum Gasteiger partial charge on any atom is 0.257 e. The highest BCUT2D eigenvalue weighted by atomic mass is 16.5. The molecule has 0 aromatic carbocycles. The Balaban J connectivity index is 1.45. The fraction of sp³-hybridized carbons (Fsp3) is 0.562. The number of hydrogen-bond acceptors (Lipinski definition) is 6. The Morgan fingerprint density at radius 3 is 2.96 bits per heavy atom. The molecule has 122 valence electrons. The van der Waals surface area contributed by atoms with E-state index in [-0.39, 0.29) is 12.0 Å². The zero-order chi connectivity index (χ0) is 16.0. The summed E-state index contributed by atoms with van der Waals surface area (Å²) in [6, 6.07) is 1.73. The molecule has 2 aliphatic heterocycles. The molecule has 4 heterocycles. The first-order valence-electron chi connectivity index (χ1n) is 7.86. The van der Waals surface area contributed by atoms with Gasteiger partial charge in [-0.2, -0.15) is 4.98 Å². The smallest absolute Gasteiger partial charge is 0.257 e. The number of fused-ring (bicyclic) bond motifs is 1. The standard InChI is InChI=1S/C16H19N3O4/c1-9-12(3-4-21-9)16(20)19-6-13-11(8-22-14(13)7-19)5-15-17-10(2)18-23-15/h3-4,11,13-14H,5-8H2,1-2H3/t11-,13+,14+/m0/s1. The minimum Gasteiger partial charge on any atom is -0.469 e. The first-order chi connectivity index (χ1) is 11.1. The van der Waals surface area contributed by atoms with Gasteiger partial charge in [0.15, 0.2) is 5.82 Å². The molecule has 2 aromatic rings. The van der Waals surface area contributed by atoms with Gasteiger partial charge in [0.2, 0.25) is 5.89 Å². The quantitative estimate of drug-likeness (QED) is 0.855. The fourth-order valence-electron chi connectivity index (χ4n) is 3.60. The number of rotatable bonds is 3. The summed E-state index contributed by atoms with van der Waals surface area (Å²) in [6.07, 6.45) is 2.35. The summed E-state index contributed by atoms with van der Waals surface area (Å²) >= 11 is 0. The highest BCUT2D eigenvalue weighted by Gasteiger charge is 2.46. The van der Waals surface area contributed by atoms with E-state index in [4.69, 9.17) is 13.7 Å². The van der Waals surface area contributed by atoms with Crippen LogP contribution < -0.4 is 0 Å². The Morgan fingerprint density at radius 2 is 2.26 bits per heavy atom. The van der Waals surface area contributed by atoms with Gasteiger partial charge in [-0.25, -0.2) is 0 Å². The largest absolute Gasteiger partial charge is 0.469 e. The molecule has 7 nitrogen and oxygen atoms in total. The lowest BCUT2D eigenvalue weighted by Crippen LogP contribution is -2.31. The summed E-state index contributed by atoms with van der Waals surface area (Å²) in [5.41, 5.74) is 0.633. The van der Waals surface area contributed by atoms with Crippen LogP contribution in [0.3, 0.4) is 0 Å². The van der Waals surface area contributed by atoms with Crippen LogP contribution in [-0.2, 0) is 11.2 Å². The van der Waals surface area contributed by atoms with E-state index < -0.39 is 0 Å². The highest BCUT2D eigenvalue weighted by molar-refractivity contribution is 5.95. The van der Waals surface area contributed by atoms with Crippen molar-refractivity contribution < 1.29 is 18.5 Å². The summed E-state index contributed by atoms with van der Waals surface area (Å²) in [7, 11) is 0. The molecular formula is C16H19N3O4.